The molecule has 2 aromatic carbocycles. The Hall–Kier alpha value is -2.29. The Morgan fingerprint density at radius 3 is 2.09 bits per heavy atom. The molecule has 0 saturated heterocycles. The van der Waals surface area contributed by atoms with Crippen LogP contribution in [0.4, 0.5) is 11.4 Å². The first-order valence-corrected chi connectivity index (χ1v) is 8.36. The van der Waals surface area contributed by atoms with Crippen molar-refractivity contribution in [1.29, 1.82) is 0 Å². The molecule has 0 heterocycles. The zero-order valence-electron chi connectivity index (χ0n) is 13.3. The highest BCUT2D eigenvalue weighted by molar-refractivity contribution is 5.88. The maximum atomic E-state index is 11.1. The molecule has 3 nitrogen and oxygen atoms in total. The van der Waals surface area contributed by atoms with E-state index in [0.29, 0.717) is 5.56 Å². The molecule has 0 unspecified atom stereocenters. The van der Waals surface area contributed by atoms with Gasteiger partial charge in [0.15, 0.2) is 0 Å². The van der Waals surface area contributed by atoms with Crippen molar-refractivity contribution in [3.8, 4) is 0 Å². The minimum atomic E-state index is -0.883. The minimum Gasteiger partial charge on any atom is -0.478 e. The van der Waals surface area contributed by atoms with Gasteiger partial charge in [-0.05, 0) is 91.5 Å². The van der Waals surface area contributed by atoms with E-state index in [9.17, 15) is 4.79 Å². The van der Waals surface area contributed by atoms with E-state index in [4.69, 9.17) is 5.11 Å². The second-order valence-corrected chi connectivity index (χ2v) is 6.90. The van der Waals surface area contributed by atoms with Crippen LogP contribution in [0.15, 0.2) is 36.4 Å². The third-order valence-electron chi connectivity index (χ3n) is 4.83. The highest BCUT2D eigenvalue weighted by Gasteiger charge is 2.28. The van der Waals surface area contributed by atoms with Gasteiger partial charge in [0, 0.05) is 11.4 Å². The van der Waals surface area contributed by atoms with Crippen LogP contribution in [-0.4, -0.2) is 11.1 Å². The van der Waals surface area contributed by atoms with Gasteiger partial charge in [-0.1, -0.05) is 6.07 Å². The molecule has 0 spiro atoms. The zero-order chi connectivity index (χ0) is 16.0. The maximum absolute atomic E-state index is 11.1. The smallest absolute Gasteiger partial charge is 0.335 e. The lowest BCUT2D eigenvalue weighted by molar-refractivity contribution is 0.0697. The molecule has 2 aromatic rings. The van der Waals surface area contributed by atoms with Crippen molar-refractivity contribution in [3.05, 3.63) is 58.7 Å². The summed E-state index contributed by atoms with van der Waals surface area (Å²) in [6, 6.07) is 12.1. The van der Waals surface area contributed by atoms with Crippen LogP contribution in [0.3, 0.4) is 0 Å². The highest BCUT2D eigenvalue weighted by Crippen LogP contribution is 2.46. The Balaban J connectivity index is 1.64. The molecule has 2 aliphatic rings. The van der Waals surface area contributed by atoms with E-state index in [0.717, 1.165) is 28.8 Å². The summed E-state index contributed by atoms with van der Waals surface area (Å²) < 4.78 is 0. The number of nitrogens with one attached hydrogen (secondary N) is 1. The number of anilines is 2. The molecule has 3 heteroatoms. The molecular weight excluding hydrogens is 286 g/mol. The van der Waals surface area contributed by atoms with E-state index < -0.39 is 5.97 Å². The number of hydrogen-bond donors (Lipinski definition) is 2. The fourth-order valence-corrected chi connectivity index (χ4v) is 3.15. The van der Waals surface area contributed by atoms with E-state index >= 15 is 0 Å². The third kappa shape index (κ3) is 3.09. The standard InChI is InChI=1S/C20H21NO2/c1-12-8-15(20(22)23)6-7-19(12)21-18-10-16(13-2-3-13)9-17(11-18)14-4-5-14/h6-11,13-14,21H,2-5H2,1H3,(H,22,23). The molecule has 118 valence electrons. The number of carbonyl (C=O) groups is 1. The summed E-state index contributed by atoms with van der Waals surface area (Å²) in [7, 11) is 0. The number of carboxylic acids is 1. The van der Waals surface area contributed by atoms with Crippen molar-refractivity contribution in [2.45, 2.75) is 44.4 Å². The van der Waals surface area contributed by atoms with Crippen LogP contribution in [0, 0.1) is 6.92 Å². The summed E-state index contributed by atoms with van der Waals surface area (Å²) in [5.41, 5.74) is 6.30. The highest BCUT2D eigenvalue weighted by atomic mass is 16.4. The molecule has 0 atom stereocenters. The lowest BCUT2D eigenvalue weighted by atomic mass is 10.0. The first-order valence-electron chi connectivity index (χ1n) is 8.36. The zero-order valence-corrected chi connectivity index (χ0v) is 13.3. The average molecular weight is 307 g/mol. The van der Waals surface area contributed by atoms with Gasteiger partial charge in [-0.15, -0.1) is 0 Å². The van der Waals surface area contributed by atoms with Gasteiger partial charge in [-0.2, -0.15) is 0 Å². The average Bonchev–Trinajstić information content (AvgIpc) is 3.40. The van der Waals surface area contributed by atoms with Crippen LogP contribution in [0.5, 0.6) is 0 Å². The number of aryl methyl sites for hydroxylation is 1. The molecule has 4 rings (SSSR count). The van der Waals surface area contributed by atoms with Gasteiger partial charge in [0.1, 0.15) is 0 Å². The maximum Gasteiger partial charge on any atom is 0.335 e. The number of aromatic carboxylic acids is 1. The number of hydrogen-bond acceptors (Lipinski definition) is 2. The fraction of sp³-hybridized carbons (Fsp3) is 0.350. The van der Waals surface area contributed by atoms with Crippen molar-refractivity contribution in [3.63, 3.8) is 0 Å². The van der Waals surface area contributed by atoms with E-state index in [1.165, 1.54) is 36.8 Å². The summed E-state index contributed by atoms with van der Waals surface area (Å²) in [5.74, 6) is 0.598. The Bertz CT molecular complexity index is 743. The normalized spacial score (nSPS) is 17.1. The second-order valence-electron chi connectivity index (χ2n) is 6.90. The van der Waals surface area contributed by atoms with Gasteiger partial charge >= 0.3 is 5.97 Å². The van der Waals surface area contributed by atoms with Crippen LogP contribution in [-0.2, 0) is 0 Å². The van der Waals surface area contributed by atoms with Crippen LogP contribution >= 0.6 is 0 Å². The lowest BCUT2D eigenvalue weighted by Crippen LogP contribution is -2.00. The third-order valence-corrected chi connectivity index (χ3v) is 4.83. The van der Waals surface area contributed by atoms with Crippen LogP contribution in [0.2, 0.25) is 0 Å². The Labute approximate surface area is 136 Å². The van der Waals surface area contributed by atoms with Crippen LogP contribution < -0.4 is 5.32 Å². The number of benzene rings is 2. The van der Waals surface area contributed by atoms with Crippen LogP contribution in [0.25, 0.3) is 0 Å². The fourth-order valence-electron chi connectivity index (χ4n) is 3.15. The van der Waals surface area contributed by atoms with Gasteiger partial charge in [0.25, 0.3) is 0 Å². The second kappa shape index (κ2) is 5.41. The SMILES string of the molecule is Cc1cc(C(=O)O)ccc1Nc1cc(C2CC2)cc(C2CC2)c1. The summed E-state index contributed by atoms with van der Waals surface area (Å²) in [6.07, 6.45) is 5.22. The van der Waals surface area contributed by atoms with E-state index in [1.54, 1.807) is 12.1 Å². The van der Waals surface area contributed by atoms with E-state index in [2.05, 4.69) is 23.5 Å². The summed E-state index contributed by atoms with van der Waals surface area (Å²) in [6.45, 7) is 1.95. The van der Waals surface area contributed by atoms with Gasteiger partial charge in [-0.25, -0.2) is 4.79 Å². The van der Waals surface area contributed by atoms with Gasteiger partial charge < -0.3 is 10.4 Å². The summed E-state index contributed by atoms with van der Waals surface area (Å²) >= 11 is 0. The molecule has 23 heavy (non-hydrogen) atoms. The first kappa shape index (κ1) is 14.3. The first-order chi connectivity index (χ1) is 11.1. The Morgan fingerprint density at radius 1 is 1.00 bits per heavy atom. The van der Waals surface area contributed by atoms with Crippen molar-refractivity contribution in [2.24, 2.45) is 0 Å². The number of carboxylic acid groups (broad SMARTS) is 1. The monoisotopic (exact) mass is 307 g/mol. The Kier molecular flexibility index (Phi) is 3.37. The topological polar surface area (TPSA) is 49.3 Å². The quantitative estimate of drug-likeness (QED) is 0.799. The summed E-state index contributed by atoms with van der Waals surface area (Å²) in [4.78, 5) is 11.1. The largest absolute Gasteiger partial charge is 0.478 e. The molecule has 2 aliphatic carbocycles. The molecule has 2 saturated carbocycles. The van der Waals surface area contributed by atoms with E-state index in [1.807, 2.05) is 13.0 Å². The van der Waals surface area contributed by atoms with Gasteiger partial charge in [-0.3, -0.25) is 0 Å². The molecule has 0 amide bonds. The molecule has 0 aliphatic heterocycles. The molecule has 0 radical (unpaired) electrons. The molecule has 0 aromatic heterocycles. The van der Waals surface area contributed by atoms with Crippen molar-refractivity contribution in [2.75, 3.05) is 5.32 Å². The molecule has 0 bridgehead atoms. The molecular formula is C20H21NO2. The van der Waals surface area contributed by atoms with Crippen molar-refractivity contribution < 1.29 is 9.90 Å². The van der Waals surface area contributed by atoms with Crippen molar-refractivity contribution in [1.82, 2.24) is 0 Å². The predicted octanol–water partition coefficient (Wildman–Crippen LogP) is 5.19. The predicted molar refractivity (Wildman–Crippen MR) is 91.8 cm³/mol. The van der Waals surface area contributed by atoms with Crippen molar-refractivity contribution >= 4 is 17.3 Å². The Morgan fingerprint density at radius 2 is 1.61 bits per heavy atom. The summed E-state index contributed by atoms with van der Waals surface area (Å²) in [5, 5.41) is 12.6. The van der Waals surface area contributed by atoms with Gasteiger partial charge in [0.2, 0.25) is 0 Å². The van der Waals surface area contributed by atoms with Gasteiger partial charge in [0.05, 0.1) is 5.56 Å². The van der Waals surface area contributed by atoms with E-state index in [-0.39, 0.29) is 0 Å². The lowest BCUT2D eigenvalue weighted by Gasteiger charge is -2.13. The molecule has 2 N–H and O–H groups in total. The van der Waals surface area contributed by atoms with Crippen LogP contribution in [0.1, 0.15) is 64.6 Å². The number of rotatable bonds is 5. The minimum absolute atomic E-state index is 0.332. The molecule has 2 fully saturated rings.